The van der Waals surface area contributed by atoms with Gasteiger partial charge in [-0.15, -0.1) is 0 Å². The second-order valence-corrected chi connectivity index (χ2v) is 4.00. The fraction of sp³-hybridized carbons (Fsp3) is 0.200. The van der Waals surface area contributed by atoms with Gasteiger partial charge in [0.05, 0.1) is 7.11 Å². The largest absolute Gasteiger partial charge is 0.497 e. The van der Waals surface area contributed by atoms with E-state index >= 15 is 0 Å². The van der Waals surface area contributed by atoms with Gasteiger partial charge in [0.15, 0.2) is 0 Å². The molecule has 0 radical (unpaired) electrons. The third kappa shape index (κ3) is 3.70. The molecule has 0 saturated heterocycles. The molecule has 0 spiro atoms. The summed E-state index contributed by atoms with van der Waals surface area (Å²) in [6, 6.07) is 5.97. The van der Waals surface area contributed by atoms with Crippen molar-refractivity contribution in [3.63, 3.8) is 0 Å². The monoisotopic (exact) mass is 244 g/mol. The van der Waals surface area contributed by atoms with Crippen LogP contribution in [0.25, 0.3) is 6.08 Å². The summed E-state index contributed by atoms with van der Waals surface area (Å²) in [5, 5.41) is 3.04. The van der Waals surface area contributed by atoms with Crippen LogP contribution in [0, 0.1) is 0 Å². The van der Waals surface area contributed by atoms with E-state index in [1.165, 1.54) is 0 Å². The molecule has 96 valence electrons. The van der Waals surface area contributed by atoms with E-state index in [4.69, 9.17) is 10.5 Å². The van der Waals surface area contributed by atoms with Crippen molar-refractivity contribution in [1.82, 2.24) is 5.32 Å². The van der Waals surface area contributed by atoms with E-state index in [9.17, 15) is 0 Å². The summed E-state index contributed by atoms with van der Waals surface area (Å²) in [5.74, 6) is 0.645. The van der Waals surface area contributed by atoms with Crippen LogP contribution in [0.4, 0.5) is 5.69 Å². The van der Waals surface area contributed by atoms with Gasteiger partial charge in [0, 0.05) is 12.2 Å². The number of allylic oxidation sites excluding steroid dienone is 1. The summed E-state index contributed by atoms with van der Waals surface area (Å²) in [5.41, 5.74) is 9.80. The number of nitrogen functional groups attached to an aromatic ring is 1. The molecule has 0 unspecified atom stereocenters. The van der Waals surface area contributed by atoms with Crippen molar-refractivity contribution in [2.75, 3.05) is 12.8 Å². The zero-order valence-electron chi connectivity index (χ0n) is 11.0. The van der Waals surface area contributed by atoms with Crippen LogP contribution in [0.2, 0.25) is 0 Å². The highest BCUT2D eigenvalue weighted by Crippen LogP contribution is 2.20. The number of benzene rings is 1. The molecule has 1 aromatic rings. The molecule has 0 aromatic heterocycles. The first-order chi connectivity index (χ1) is 8.58. The highest BCUT2D eigenvalue weighted by atomic mass is 16.5. The van der Waals surface area contributed by atoms with Crippen LogP contribution in [0.1, 0.15) is 18.1 Å². The second-order valence-electron chi connectivity index (χ2n) is 4.00. The molecular formula is C15H20N2O. The lowest BCUT2D eigenvalue weighted by Gasteiger charge is -2.08. The highest BCUT2D eigenvalue weighted by Gasteiger charge is 2.01. The van der Waals surface area contributed by atoms with E-state index in [-0.39, 0.29) is 0 Å². The lowest BCUT2D eigenvalue weighted by molar-refractivity contribution is 0.303. The Kier molecular flexibility index (Phi) is 5.06. The molecular weight excluding hydrogens is 224 g/mol. The van der Waals surface area contributed by atoms with Gasteiger partial charge in [-0.2, -0.15) is 0 Å². The normalized spacial score (nSPS) is 10.9. The Labute approximate surface area is 109 Å². The van der Waals surface area contributed by atoms with E-state index in [1.807, 2.05) is 31.2 Å². The Bertz CT molecular complexity index is 475. The molecule has 0 saturated carbocycles. The first-order valence-corrected chi connectivity index (χ1v) is 5.72. The Balaban J connectivity index is 2.92. The second kappa shape index (κ2) is 6.55. The third-order valence-corrected chi connectivity index (χ3v) is 2.66. The van der Waals surface area contributed by atoms with Gasteiger partial charge in [0.2, 0.25) is 0 Å². The number of hydrogen-bond donors (Lipinski definition) is 2. The van der Waals surface area contributed by atoms with Crippen molar-refractivity contribution >= 4 is 11.8 Å². The molecule has 0 aliphatic rings. The van der Waals surface area contributed by atoms with Gasteiger partial charge in [0.25, 0.3) is 0 Å². The van der Waals surface area contributed by atoms with Gasteiger partial charge in [-0.05, 0) is 42.0 Å². The molecule has 1 aromatic carbocycles. The van der Waals surface area contributed by atoms with Crippen molar-refractivity contribution in [3.8, 4) is 0 Å². The summed E-state index contributed by atoms with van der Waals surface area (Å²) in [6.07, 6.45) is 3.63. The number of hydrogen-bond acceptors (Lipinski definition) is 3. The van der Waals surface area contributed by atoms with Crippen LogP contribution < -0.4 is 11.1 Å². The number of ether oxygens (including phenoxy) is 1. The van der Waals surface area contributed by atoms with Gasteiger partial charge in [-0.1, -0.05) is 25.3 Å². The number of methoxy groups -OCH3 is 1. The lowest BCUT2D eigenvalue weighted by Crippen LogP contribution is -2.04. The van der Waals surface area contributed by atoms with Crippen molar-refractivity contribution < 1.29 is 4.74 Å². The Morgan fingerprint density at radius 2 is 2.22 bits per heavy atom. The first-order valence-electron chi connectivity index (χ1n) is 5.72. The van der Waals surface area contributed by atoms with Crippen molar-refractivity contribution in [2.24, 2.45) is 0 Å². The van der Waals surface area contributed by atoms with Gasteiger partial charge in [-0.3, -0.25) is 0 Å². The molecule has 0 atom stereocenters. The first kappa shape index (κ1) is 13.9. The predicted octanol–water partition coefficient (Wildman–Crippen LogP) is 3.07. The Hall–Kier alpha value is -2.16. The van der Waals surface area contributed by atoms with E-state index < -0.39 is 0 Å². The number of nitrogens with one attached hydrogen (secondary N) is 1. The van der Waals surface area contributed by atoms with E-state index in [0.29, 0.717) is 5.76 Å². The SMILES string of the molecule is C=CNCc1ccc(/C=C(\C)C(=C)OC)c(N)c1. The minimum atomic E-state index is 0.645. The smallest absolute Gasteiger partial charge is 0.114 e. The predicted molar refractivity (Wildman–Crippen MR) is 77.7 cm³/mol. The fourth-order valence-corrected chi connectivity index (χ4v) is 1.53. The van der Waals surface area contributed by atoms with Gasteiger partial charge in [-0.25, -0.2) is 0 Å². The van der Waals surface area contributed by atoms with Crippen LogP contribution >= 0.6 is 0 Å². The zero-order chi connectivity index (χ0) is 13.5. The summed E-state index contributed by atoms with van der Waals surface area (Å²) < 4.78 is 5.08. The molecule has 0 fully saturated rings. The topological polar surface area (TPSA) is 47.3 Å². The average Bonchev–Trinajstić information content (AvgIpc) is 2.38. The summed E-state index contributed by atoms with van der Waals surface area (Å²) in [7, 11) is 1.60. The minimum Gasteiger partial charge on any atom is -0.497 e. The Morgan fingerprint density at radius 1 is 1.50 bits per heavy atom. The van der Waals surface area contributed by atoms with Crippen molar-refractivity contribution in [1.29, 1.82) is 0 Å². The number of anilines is 1. The standard InChI is InChI=1S/C15H20N2O/c1-5-17-10-13-6-7-14(15(16)9-13)8-11(2)12(3)18-4/h5-9,17H,1,3,10,16H2,2,4H3/b11-8+. The van der Waals surface area contributed by atoms with Crippen molar-refractivity contribution in [3.05, 3.63) is 60.0 Å². The average molecular weight is 244 g/mol. The summed E-state index contributed by atoms with van der Waals surface area (Å²) in [4.78, 5) is 0. The lowest BCUT2D eigenvalue weighted by atomic mass is 10.1. The molecule has 0 aliphatic heterocycles. The molecule has 0 amide bonds. The van der Waals surface area contributed by atoms with E-state index in [0.717, 1.165) is 28.9 Å². The van der Waals surface area contributed by atoms with Gasteiger partial charge >= 0.3 is 0 Å². The molecule has 1 rings (SSSR count). The van der Waals surface area contributed by atoms with Crippen molar-refractivity contribution in [2.45, 2.75) is 13.5 Å². The maximum absolute atomic E-state index is 6.01. The van der Waals surface area contributed by atoms with E-state index in [2.05, 4.69) is 18.5 Å². The number of nitrogens with two attached hydrogens (primary N) is 1. The van der Waals surface area contributed by atoms with Gasteiger partial charge < -0.3 is 15.8 Å². The highest BCUT2D eigenvalue weighted by molar-refractivity contribution is 5.68. The maximum Gasteiger partial charge on any atom is 0.114 e. The molecule has 3 nitrogen and oxygen atoms in total. The van der Waals surface area contributed by atoms with Crippen LogP contribution in [0.3, 0.4) is 0 Å². The summed E-state index contributed by atoms with van der Waals surface area (Å²) in [6.45, 7) is 10.1. The number of rotatable bonds is 6. The fourth-order valence-electron chi connectivity index (χ4n) is 1.53. The summed E-state index contributed by atoms with van der Waals surface area (Å²) >= 11 is 0. The van der Waals surface area contributed by atoms with E-state index in [1.54, 1.807) is 13.3 Å². The minimum absolute atomic E-state index is 0.645. The van der Waals surface area contributed by atoms with Crippen LogP contribution in [-0.4, -0.2) is 7.11 Å². The zero-order valence-corrected chi connectivity index (χ0v) is 11.0. The van der Waals surface area contributed by atoms with Crippen LogP contribution in [0.15, 0.2) is 48.9 Å². The van der Waals surface area contributed by atoms with Gasteiger partial charge in [0.1, 0.15) is 5.76 Å². The Morgan fingerprint density at radius 3 is 2.78 bits per heavy atom. The van der Waals surface area contributed by atoms with Crippen LogP contribution in [-0.2, 0) is 11.3 Å². The molecule has 18 heavy (non-hydrogen) atoms. The molecule has 0 bridgehead atoms. The molecule has 3 heteroatoms. The third-order valence-electron chi connectivity index (χ3n) is 2.66. The maximum atomic E-state index is 6.01. The quantitative estimate of drug-likeness (QED) is 0.459. The molecule has 0 heterocycles. The molecule has 3 N–H and O–H groups in total. The van der Waals surface area contributed by atoms with Crippen LogP contribution in [0.5, 0.6) is 0 Å². The molecule has 0 aliphatic carbocycles.